The third-order valence-electron chi connectivity index (χ3n) is 3.23. The third kappa shape index (κ3) is 4.14. The molecule has 7 heteroatoms. The van der Waals surface area contributed by atoms with Gasteiger partial charge in [-0.15, -0.1) is 23.1 Å². The van der Waals surface area contributed by atoms with Crippen molar-refractivity contribution < 1.29 is 4.79 Å². The van der Waals surface area contributed by atoms with Crippen molar-refractivity contribution in [1.82, 2.24) is 9.97 Å². The minimum Gasteiger partial charge on any atom is -0.324 e. The number of anilines is 1. The Morgan fingerprint density at radius 2 is 2.12 bits per heavy atom. The summed E-state index contributed by atoms with van der Waals surface area (Å²) in [5.41, 5.74) is 2.29. The number of rotatable bonds is 5. The van der Waals surface area contributed by atoms with E-state index in [9.17, 15) is 4.79 Å². The second-order valence-corrected chi connectivity index (χ2v) is 7.03. The lowest BCUT2D eigenvalue weighted by molar-refractivity contribution is -0.115. The van der Waals surface area contributed by atoms with Crippen LogP contribution >= 0.6 is 34.7 Å². The maximum Gasteiger partial charge on any atom is 0.230 e. The van der Waals surface area contributed by atoms with Crippen LogP contribution in [-0.2, 0) is 11.2 Å². The van der Waals surface area contributed by atoms with E-state index in [1.165, 1.54) is 11.3 Å². The van der Waals surface area contributed by atoms with E-state index < -0.39 is 0 Å². The zero-order chi connectivity index (χ0) is 16.9. The summed E-state index contributed by atoms with van der Waals surface area (Å²) in [6.07, 6.45) is 3.82. The molecule has 0 saturated heterocycles. The Hall–Kier alpha value is -1.89. The van der Waals surface area contributed by atoms with Gasteiger partial charge in [0.25, 0.3) is 0 Å². The van der Waals surface area contributed by atoms with Crippen LogP contribution in [0.15, 0.2) is 53.0 Å². The normalized spacial score (nSPS) is 10.6. The first-order chi connectivity index (χ1) is 11.7. The van der Waals surface area contributed by atoms with Crippen molar-refractivity contribution in [3.63, 3.8) is 0 Å². The highest BCUT2D eigenvalue weighted by atomic mass is 35.5. The Morgan fingerprint density at radius 1 is 1.29 bits per heavy atom. The molecule has 0 aliphatic carbocycles. The topological polar surface area (TPSA) is 54.9 Å². The zero-order valence-corrected chi connectivity index (χ0v) is 15.2. The third-order valence-corrected chi connectivity index (χ3v) is 5.14. The number of nitrogens with one attached hydrogen (secondary N) is 1. The monoisotopic (exact) mass is 375 g/mol. The lowest BCUT2D eigenvalue weighted by atomic mass is 10.2. The summed E-state index contributed by atoms with van der Waals surface area (Å²) in [5.74, 6) is -0.121. The molecular formula is C17H14ClN3OS2. The molecule has 122 valence electrons. The Bertz CT molecular complexity index is 849. The van der Waals surface area contributed by atoms with Gasteiger partial charge in [0, 0.05) is 10.9 Å². The molecule has 0 atom stereocenters. The van der Waals surface area contributed by atoms with E-state index in [4.69, 9.17) is 11.6 Å². The van der Waals surface area contributed by atoms with Crippen LogP contribution in [0.3, 0.4) is 0 Å². The van der Waals surface area contributed by atoms with Gasteiger partial charge in [-0.2, -0.15) is 0 Å². The summed E-state index contributed by atoms with van der Waals surface area (Å²) in [6, 6.07) is 11.3. The minimum absolute atomic E-state index is 0.121. The summed E-state index contributed by atoms with van der Waals surface area (Å²) in [4.78, 5) is 20.9. The first kappa shape index (κ1) is 17.0. The van der Waals surface area contributed by atoms with Gasteiger partial charge in [0.05, 0.1) is 34.0 Å². The van der Waals surface area contributed by atoms with Gasteiger partial charge in [0.1, 0.15) is 5.01 Å². The fraction of sp³-hybridized carbons (Fsp3) is 0.118. The number of thioether (sulfide) groups is 1. The van der Waals surface area contributed by atoms with Crippen molar-refractivity contribution in [2.45, 2.75) is 11.4 Å². The zero-order valence-electron chi connectivity index (χ0n) is 12.8. The van der Waals surface area contributed by atoms with Gasteiger partial charge in [-0.05, 0) is 24.5 Å². The molecule has 1 amide bonds. The van der Waals surface area contributed by atoms with Gasteiger partial charge in [-0.25, -0.2) is 9.97 Å². The highest BCUT2D eigenvalue weighted by molar-refractivity contribution is 7.98. The molecule has 0 aliphatic rings. The molecule has 2 aromatic heterocycles. The highest BCUT2D eigenvalue weighted by Crippen LogP contribution is 2.30. The number of thiazole rings is 1. The predicted molar refractivity (Wildman–Crippen MR) is 101 cm³/mol. The number of halogens is 1. The van der Waals surface area contributed by atoms with Crippen LogP contribution in [0.2, 0.25) is 5.02 Å². The van der Waals surface area contributed by atoms with Gasteiger partial charge < -0.3 is 5.32 Å². The number of carbonyl (C=O) groups is 1. The Balaban J connectivity index is 1.66. The molecule has 2 heterocycles. The summed E-state index contributed by atoms with van der Waals surface area (Å²) >= 11 is 9.22. The molecule has 0 bridgehead atoms. The maximum absolute atomic E-state index is 12.1. The van der Waals surface area contributed by atoms with Crippen LogP contribution < -0.4 is 5.32 Å². The van der Waals surface area contributed by atoms with E-state index in [1.54, 1.807) is 18.0 Å². The quantitative estimate of drug-likeness (QED) is 0.653. The van der Waals surface area contributed by atoms with Crippen molar-refractivity contribution in [3.8, 4) is 10.6 Å². The number of hydrogen-bond acceptors (Lipinski definition) is 5. The minimum atomic E-state index is -0.121. The summed E-state index contributed by atoms with van der Waals surface area (Å²) in [6.45, 7) is 0. The van der Waals surface area contributed by atoms with Gasteiger partial charge >= 0.3 is 0 Å². The van der Waals surface area contributed by atoms with Crippen LogP contribution in [-0.4, -0.2) is 22.1 Å². The molecule has 1 aromatic carbocycles. The second-order valence-electron chi connectivity index (χ2n) is 4.94. The number of nitrogens with zero attached hydrogens (tertiary/aromatic N) is 2. The van der Waals surface area contributed by atoms with E-state index in [2.05, 4.69) is 15.3 Å². The molecule has 4 nitrogen and oxygen atoms in total. The SMILES string of the molecule is CSc1ccc(NC(=O)Cc2csc(-c3ccccc3Cl)n2)cn1. The Labute approximate surface area is 153 Å². The van der Waals surface area contributed by atoms with E-state index in [0.717, 1.165) is 21.3 Å². The molecule has 0 spiro atoms. The molecular weight excluding hydrogens is 362 g/mol. The van der Waals surface area contributed by atoms with E-state index in [0.29, 0.717) is 10.7 Å². The van der Waals surface area contributed by atoms with Crippen molar-refractivity contribution in [1.29, 1.82) is 0 Å². The second kappa shape index (κ2) is 7.79. The number of benzene rings is 1. The number of pyridine rings is 1. The number of aromatic nitrogens is 2. The summed E-state index contributed by atoms with van der Waals surface area (Å²) in [7, 11) is 0. The first-order valence-corrected chi connectivity index (χ1v) is 9.63. The van der Waals surface area contributed by atoms with E-state index in [1.807, 2.05) is 48.0 Å². The Morgan fingerprint density at radius 3 is 2.83 bits per heavy atom. The molecule has 0 saturated carbocycles. The average molecular weight is 376 g/mol. The van der Waals surface area contributed by atoms with Crippen molar-refractivity contribution in [2.24, 2.45) is 0 Å². The van der Waals surface area contributed by atoms with Crippen molar-refractivity contribution >= 4 is 46.3 Å². The van der Waals surface area contributed by atoms with Crippen LogP contribution in [0, 0.1) is 0 Å². The number of hydrogen-bond donors (Lipinski definition) is 1. The van der Waals surface area contributed by atoms with E-state index in [-0.39, 0.29) is 12.3 Å². The van der Waals surface area contributed by atoms with Gasteiger partial charge in [0.15, 0.2) is 0 Å². The molecule has 0 radical (unpaired) electrons. The maximum atomic E-state index is 12.1. The molecule has 24 heavy (non-hydrogen) atoms. The largest absolute Gasteiger partial charge is 0.324 e. The molecule has 1 N–H and O–H groups in total. The molecule has 0 fully saturated rings. The van der Waals surface area contributed by atoms with Gasteiger partial charge in [0.2, 0.25) is 5.91 Å². The number of carbonyl (C=O) groups excluding carboxylic acids is 1. The molecule has 0 aliphatic heterocycles. The first-order valence-electron chi connectivity index (χ1n) is 7.15. The van der Waals surface area contributed by atoms with Gasteiger partial charge in [-0.3, -0.25) is 4.79 Å². The van der Waals surface area contributed by atoms with Gasteiger partial charge in [-0.1, -0.05) is 29.8 Å². The Kier molecular flexibility index (Phi) is 5.50. The molecule has 3 aromatic rings. The highest BCUT2D eigenvalue weighted by Gasteiger charge is 2.11. The number of amides is 1. The fourth-order valence-electron chi connectivity index (χ4n) is 2.09. The molecule has 0 unspecified atom stereocenters. The van der Waals surface area contributed by atoms with Crippen LogP contribution in [0.1, 0.15) is 5.69 Å². The summed E-state index contributed by atoms with van der Waals surface area (Å²) in [5, 5.41) is 7.10. The van der Waals surface area contributed by atoms with Crippen LogP contribution in [0.5, 0.6) is 0 Å². The lowest BCUT2D eigenvalue weighted by Gasteiger charge is -2.04. The predicted octanol–water partition coefficient (Wildman–Crippen LogP) is 4.76. The van der Waals surface area contributed by atoms with Crippen LogP contribution in [0.4, 0.5) is 5.69 Å². The molecule has 3 rings (SSSR count). The lowest BCUT2D eigenvalue weighted by Crippen LogP contribution is -2.14. The van der Waals surface area contributed by atoms with E-state index >= 15 is 0 Å². The van der Waals surface area contributed by atoms with Crippen molar-refractivity contribution in [2.75, 3.05) is 11.6 Å². The smallest absolute Gasteiger partial charge is 0.230 e. The van der Waals surface area contributed by atoms with Crippen LogP contribution in [0.25, 0.3) is 10.6 Å². The standard InChI is InChI=1S/C17H14ClN3OS2/c1-23-16-7-6-11(9-19-16)20-15(22)8-12-10-24-17(21-12)13-4-2-3-5-14(13)18/h2-7,9-10H,8H2,1H3,(H,20,22). The van der Waals surface area contributed by atoms with Crippen molar-refractivity contribution in [3.05, 3.63) is 58.7 Å². The summed E-state index contributed by atoms with van der Waals surface area (Å²) < 4.78 is 0. The fourth-order valence-corrected chi connectivity index (χ4v) is 3.59. The average Bonchev–Trinajstić information content (AvgIpc) is 3.04.